The number of carbonyl (C=O) groups is 3. The van der Waals surface area contributed by atoms with Gasteiger partial charge in [0.2, 0.25) is 5.91 Å². The number of benzene rings is 1. The minimum absolute atomic E-state index is 0.188. The number of para-hydroxylation sites is 1. The average Bonchev–Trinajstić information content (AvgIpc) is 3.12. The van der Waals surface area contributed by atoms with Crippen molar-refractivity contribution < 1.29 is 19.1 Å². The standard InChI is InChI=1S/C18H23N5O4/c1-3-27-18(26)23-10-8-22(9-11-23)17(25)12(2)19-16(24)15-13-6-4-5-7-14(13)20-21-15/h4-7,12H,3,8-11H2,1-2H3,(H,19,24)(H,20,21). The molecule has 2 N–H and O–H groups in total. The zero-order chi connectivity index (χ0) is 19.4. The van der Waals surface area contributed by atoms with Crippen molar-refractivity contribution in [2.75, 3.05) is 32.8 Å². The van der Waals surface area contributed by atoms with Crippen LogP contribution in [0.5, 0.6) is 0 Å². The van der Waals surface area contributed by atoms with Crippen LogP contribution in [0.25, 0.3) is 10.9 Å². The van der Waals surface area contributed by atoms with Crippen molar-refractivity contribution in [2.45, 2.75) is 19.9 Å². The summed E-state index contributed by atoms with van der Waals surface area (Å²) in [6, 6.07) is 6.62. The Bertz CT molecular complexity index is 841. The van der Waals surface area contributed by atoms with Gasteiger partial charge in [-0.05, 0) is 19.9 Å². The molecule has 2 aromatic rings. The zero-order valence-electron chi connectivity index (χ0n) is 15.4. The molecule has 1 saturated heterocycles. The monoisotopic (exact) mass is 373 g/mol. The van der Waals surface area contributed by atoms with Crippen LogP contribution >= 0.6 is 0 Å². The third-order valence-electron chi connectivity index (χ3n) is 4.52. The number of nitrogens with zero attached hydrogens (tertiary/aromatic N) is 3. The molecular formula is C18H23N5O4. The summed E-state index contributed by atoms with van der Waals surface area (Å²) in [7, 11) is 0. The Balaban J connectivity index is 1.56. The lowest BCUT2D eigenvalue weighted by Crippen LogP contribution is -2.55. The molecule has 0 spiro atoms. The van der Waals surface area contributed by atoms with Crippen LogP contribution in [0.4, 0.5) is 4.79 Å². The molecule has 0 radical (unpaired) electrons. The molecule has 1 fully saturated rings. The number of aromatic nitrogens is 2. The Morgan fingerprint density at radius 3 is 2.56 bits per heavy atom. The number of ether oxygens (including phenoxy) is 1. The van der Waals surface area contributed by atoms with Crippen molar-refractivity contribution in [3.05, 3.63) is 30.0 Å². The molecule has 144 valence electrons. The van der Waals surface area contributed by atoms with Crippen LogP contribution in [0, 0.1) is 0 Å². The number of nitrogens with one attached hydrogen (secondary N) is 2. The predicted molar refractivity (Wildman–Crippen MR) is 98.2 cm³/mol. The Morgan fingerprint density at radius 2 is 1.85 bits per heavy atom. The number of aromatic amines is 1. The molecule has 3 amide bonds. The number of carbonyl (C=O) groups excluding carboxylic acids is 3. The third kappa shape index (κ3) is 4.02. The fourth-order valence-corrected chi connectivity index (χ4v) is 3.06. The number of piperazine rings is 1. The second kappa shape index (κ2) is 8.07. The van der Waals surface area contributed by atoms with Gasteiger partial charge in [0.25, 0.3) is 5.91 Å². The summed E-state index contributed by atoms with van der Waals surface area (Å²) in [6.07, 6.45) is -0.364. The lowest BCUT2D eigenvalue weighted by molar-refractivity contribution is -0.134. The van der Waals surface area contributed by atoms with Gasteiger partial charge in [-0.25, -0.2) is 4.79 Å². The summed E-state index contributed by atoms with van der Waals surface area (Å²) >= 11 is 0. The van der Waals surface area contributed by atoms with Gasteiger partial charge in [0.15, 0.2) is 5.69 Å². The number of rotatable bonds is 4. The number of amides is 3. The molecule has 27 heavy (non-hydrogen) atoms. The first-order valence-electron chi connectivity index (χ1n) is 8.95. The van der Waals surface area contributed by atoms with Gasteiger partial charge in [0.05, 0.1) is 12.1 Å². The highest BCUT2D eigenvalue weighted by molar-refractivity contribution is 6.05. The Labute approximate surface area is 156 Å². The molecule has 1 aliphatic rings. The zero-order valence-corrected chi connectivity index (χ0v) is 15.4. The van der Waals surface area contributed by atoms with Crippen LogP contribution in [-0.2, 0) is 9.53 Å². The van der Waals surface area contributed by atoms with Crippen molar-refractivity contribution in [2.24, 2.45) is 0 Å². The van der Waals surface area contributed by atoms with Gasteiger partial charge in [-0.15, -0.1) is 0 Å². The maximum atomic E-state index is 12.6. The lowest BCUT2D eigenvalue weighted by Gasteiger charge is -2.35. The Kier molecular flexibility index (Phi) is 5.58. The molecule has 1 atom stereocenters. The molecule has 0 saturated carbocycles. The average molecular weight is 373 g/mol. The Hall–Kier alpha value is -3.10. The van der Waals surface area contributed by atoms with Gasteiger partial charge in [0.1, 0.15) is 6.04 Å². The summed E-state index contributed by atoms with van der Waals surface area (Å²) in [5, 5.41) is 10.3. The molecule has 1 aliphatic heterocycles. The maximum absolute atomic E-state index is 12.6. The largest absolute Gasteiger partial charge is 0.450 e. The van der Waals surface area contributed by atoms with E-state index in [9.17, 15) is 14.4 Å². The molecule has 0 aliphatic carbocycles. The predicted octanol–water partition coefficient (Wildman–Crippen LogP) is 0.982. The normalized spacial score (nSPS) is 15.5. The SMILES string of the molecule is CCOC(=O)N1CCN(C(=O)C(C)NC(=O)c2n[nH]c3ccccc23)CC1. The van der Waals surface area contributed by atoms with E-state index >= 15 is 0 Å². The minimum atomic E-state index is -0.692. The van der Waals surface area contributed by atoms with Crippen LogP contribution in [0.1, 0.15) is 24.3 Å². The van der Waals surface area contributed by atoms with Crippen molar-refractivity contribution in [1.82, 2.24) is 25.3 Å². The van der Waals surface area contributed by atoms with E-state index in [0.29, 0.717) is 38.2 Å². The van der Waals surface area contributed by atoms with Gasteiger partial charge < -0.3 is 19.9 Å². The second-order valence-electron chi connectivity index (χ2n) is 6.32. The fraction of sp³-hybridized carbons (Fsp3) is 0.444. The van der Waals surface area contributed by atoms with Gasteiger partial charge in [-0.1, -0.05) is 18.2 Å². The van der Waals surface area contributed by atoms with E-state index in [1.807, 2.05) is 18.2 Å². The molecular weight excluding hydrogens is 350 g/mol. The number of hydrogen-bond donors (Lipinski definition) is 2. The smallest absolute Gasteiger partial charge is 0.409 e. The van der Waals surface area contributed by atoms with Crippen LogP contribution in [0.15, 0.2) is 24.3 Å². The molecule has 0 bridgehead atoms. The maximum Gasteiger partial charge on any atom is 0.409 e. The third-order valence-corrected chi connectivity index (χ3v) is 4.52. The van der Waals surface area contributed by atoms with Crippen LogP contribution in [-0.4, -0.2) is 76.7 Å². The van der Waals surface area contributed by atoms with Crippen molar-refractivity contribution in [1.29, 1.82) is 0 Å². The topological polar surface area (TPSA) is 108 Å². The quantitative estimate of drug-likeness (QED) is 0.831. The van der Waals surface area contributed by atoms with E-state index < -0.39 is 11.9 Å². The minimum Gasteiger partial charge on any atom is -0.450 e. The molecule has 1 aromatic heterocycles. The molecule has 9 nitrogen and oxygen atoms in total. The van der Waals surface area contributed by atoms with Crippen LogP contribution < -0.4 is 5.32 Å². The highest BCUT2D eigenvalue weighted by atomic mass is 16.6. The van der Waals surface area contributed by atoms with Gasteiger partial charge >= 0.3 is 6.09 Å². The summed E-state index contributed by atoms with van der Waals surface area (Å²) in [5.74, 6) is -0.592. The van der Waals surface area contributed by atoms with E-state index in [0.717, 1.165) is 5.52 Å². The highest BCUT2D eigenvalue weighted by Gasteiger charge is 2.28. The highest BCUT2D eigenvalue weighted by Crippen LogP contribution is 2.15. The van der Waals surface area contributed by atoms with Crippen molar-refractivity contribution in [3.8, 4) is 0 Å². The first-order valence-corrected chi connectivity index (χ1v) is 8.95. The van der Waals surface area contributed by atoms with Gasteiger partial charge in [-0.3, -0.25) is 14.7 Å². The Morgan fingerprint density at radius 1 is 1.19 bits per heavy atom. The first-order chi connectivity index (χ1) is 13.0. The number of hydrogen-bond acceptors (Lipinski definition) is 5. The van der Waals surface area contributed by atoms with E-state index in [-0.39, 0.29) is 17.7 Å². The fourth-order valence-electron chi connectivity index (χ4n) is 3.06. The molecule has 2 heterocycles. The van der Waals surface area contributed by atoms with Crippen molar-refractivity contribution in [3.63, 3.8) is 0 Å². The molecule has 3 rings (SSSR count). The summed E-state index contributed by atoms with van der Waals surface area (Å²) in [5.41, 5.74) is 1.02. The number of fused-ring (bicyclic) bond motifs is 1. The summed E-state index contributed by atoms with van der Waals surface area (Å²) in [4.78, 5) is 40.1. The van der Waals surface area contributed by atoms with E-state index in [2.05, 4.69) is 15.5 Å². The van der Waals surface area contributed by atoms with Crippen LogP contribution in [0.3, 0.4) is 0 Å². The first kappa shape index (κ1) is 18.7. The van der Waals surface area contributed by atoms with Crippen LogP contribution in [0.2, 0.25) is 0 Å². The molecule has 9 heteroatoms. The van der Waals surface area contributed by atoms with Gasteiger partial charge in [0, 0.05) is 31.6 Å². The molecule has 1 aromatic carbocycles. The number of H-pyrrole nitrogens is 1. The molecule has 1 unspecified atom stereocenters. The second-order valence-corrected chi connectivity index (χ2v) is 6.32. The van der Waals surface area contributed by atoms with Gasteiger partial charge in [-0.2, -0.15) is 5.10 Å². The lowest BCUT2D eigenvalue weighted by atomic mass is 10.2. The van der Waals surface area contributed by atoms with E-state index in [4.69, 9.17) is 4.74 Å². The summed E-state index contributed by atoms with van der Waals surface area (Å²) < 4.78 is 4.97. The van der Waals surface area contributed by atoms with E-state index in [1.54, 1.807) is 29.7 Å². The summed E-state index contributed by atoms with van der Waals surface area (Å²) in [6.45, 7) is 5.36. The van der Waals surface area contributed by atoms with E-state index in [1.165, 1.54) is 0 Å². The van der Waals surface area contributed by atoms with Crippen molar-refractivity contribution >= 4 is 28.8 Å².